The molecule has 1 nitrogen and oxygen atoms in total. The maximum absolute atomic E-state index is 3.53. The molecule has 17 heavy (non-hydrogen) atoms. The van der Waals surface area contributed by atoms with Crippen LogP contribution in [0.1, 0.15) is 43.9 Å². The van der Waals surface area contributed by atoms with Gasteiger partial charge in [-0.2, -0.15) is 0 Å². The van der Waals surface area contributed by atoms with Crippen molar-refractivity contribution in [1.82, 2.24) is 5.32 Å². The Morgan fingerprint density at radius 3 is 2.24 bits per heavy atom. The van der Waals surface area contributed by atoms with Gasteiger partial charge in [0.1, 0.15) is 0 Å². The SMILES string of the molecule is CCCNCC(C)(C)Cc1c(C)cccc1C. The van der Waals surface area contributed by atoms with Crippen molar-refractivity contribution in [3.8, 4) is 0 Å². The van der Waals surface area contributed by atoms with Crippen LogP contribution in [-0.4, -0.2) is 13.1 Å². The maximum atomic E-state index is 3.53. The van der Waals surface area contributed by atoms with E-state index >= 15 is 0 Å². The van der Waals surface area contributed by atoms with E-state index in [-0.39, 0.29) is 0 Å². The van der Waals surface area contributed by atoms with Gasteiger partial charge in [-0.15, -0.1) is 0 Å². The second-order valence-electron chi connectivity index (χ2n) is 5.89. The topological polar surface area (TPSA) is 12.0 Å². The lowest BCUT2D eigenvalue weighted by Gasteiger charge is -2.27. The Balaban J connectivity index is 2.69. The van der Waals surface area contributed by atoms with Gasteiger partial charge in [0.2, 0.25) is 0 Å². The highest BCUT2D eigenvalue weighted by Crippen LogP contribution is 2.25. The Labute approximate surface area is 107 Å². The van der Waals surface area contributed by atoms with Crippen molar-refractivity contribution >= 4 is 0 Å². The summed E-state index contributed by atoms with van der Waals surface area (Å²) in [6.45, 7) is 13.6. The normalized spacial score (nSPS) is 11.8. The Kier molecular flexibility index (Phi) is 5.20. The van der Waals surface area contributed by atoms with Crippen molar-refractivity contribution in [3.05, 3.63) is 34.9 Å². The first-order valence-corrected chi connectivity index (χ1v) is 6.72. The monoisotopic (exact) mass is 233 g/mol. The molecule has 0 radical (unpaired) electrons. The van der Waals surface area contributed by atoms with E-state index in [9.17, 15) is 0 Å². The molecule has 1 N–H and O–H groups in total. The lowest BCUT2D eigenvalue weighted by molar-refractivity contribution is 0.338. The van der Waals surface area contributed by atoms with Gasteiger partial charge in [0.25, 0.3) is 0 Å². The van der Waals surface area contributed by atoms with Crippen LogP contribution < -0.4 is 5.32 Å². The molecule has 96 valence electrons. The van der Waals surface area contributed by atoms with Gasteiger partial charge in [0, 0.05) is 6.54 Å². The second-order valence-corrected chi connectivity index (χ2v) is 5.89. The van der Waals surface area contributed by atoms with E-state index in [1.54, 1.807) is 0 Å². The minimum Gasteiger partial charge on any atom is -0.316 e. The molecule has 1 heteroatoms. The molecule has 0 saturated heterocycles. The summed E-state index contributed by atoms with van der Waals surface area (Å²) in [5.74, 6) is 0. The van der Waals surface area contributed by atoms with Gasteiger partial charge in [-0.25, -0.2) is 0 Å². The molecule has 0 heterocycles. The van der Waals surface area contributed by atoms with Gasteiger partial charge in [0.05, 0.1) is 0 Å². The van der Waals surface area contributed by atoms with Crippen molar-refractivity contribution in [2.24, 2.45) is 5.41 Å². The summed E-state index contributed by atoms with van der Waals surface area (Å²) in [7, 11) is 0. The Hall–Kier alpha value is -0.820. The Bertz CT molecular complexity index is 332. The number of benzene rings is 1. The zero-order valence-corrected chi connectivity index (χ0v) is 12.1. The highest BCUT2D eigenvalue weighted by molar-refractivity contribution is 5.34. The van der Waals surface area contributed by atoms with Gasteiger partial charge >= 0.3 is 0 Å². The van der Waals surface area contributed by atoms with Crippen molar-refractivity contribution < 1.29 is 0 Å². The van der Waals surface area contributed by atoms with Crippen molar-refractivity contribution in [2.75, 3.05) is 13.1 Å². The van der Waals surface area contributed by atoms with Gasteiger partial charge in [-0.05, 0) is 55.3 Å². The van der Waals surface area contributed by atoms with Gasteiger partial charge in [-0.1, -0.05) is 39.0 Å². The Morgan fingerprint density at radius 2 is 1.71 bits per heavy atom. The largest absolute Gasteiger partial charge is 0.316 e. The standard InChI is InChI=1S/C16H27N/c1-6-10-17-12-16(4,5)11-15-13(2)8-7-9-14(15)3/h7-9,17H,6,10-12H2,1-5H3. The van der Waals surface area contributed by atoms with Gasteiger partial charge < -0.3 is 5.32 Å². The van der Waals surface area contributed by atoms with Crippen molar-refractivity contribution in [1.29, 1.82) is 0 Å². The van der Waals surface area contributed by atoms with Gasteiger partial charge in [-0.3, -0.25) is 0 Å². The minimum absolute atomic E-state index is 0.325. The summed E-state index contributed by atoms with van der Waals surface area (Å²) in [4.78, 5) is 0. The predicted octanol–water partition coefficient (Wildman–Crippen LogP) is 3.87. The van der Waals surface area contributed by atoms with Crippen LogP contribution in [0.2, 0.25) is 0 Å². The molecule has 1 aromatic rings. The van der Waals surface area contributed by atoms with E-state index in [0.717, 1.165) is 19.5 Å². The van der Waals surface area contributed by atoms with Crippen LogP contribution in [0.25, 0.3) is 0 Å². The molecule has 1 rings (SSSR count). The van der Waals surface area contributed by atoms with Crippen LogP contribution in [0.15, 0.2) is 18.2 Å². The predicted molar refractivity (Wildman–Crippen MR) is 76.6 cm³/mol. The molecule has 0 fully saturated rings. The molecule has 0 unspecified atom stereocenters. The molecule has 0 aromatic heterocycles. The molecule has 1 aromatic carbocycles. The molecule has 0 spiro atoms. The van der Waals surface area contributed by atoms with Crippen molar-refractivity contribution in [2.45, 2.75) is 47.5 Å². The molecule has 0 aliphatic rings. The molecule has 0 aliphatic heterocycles. The maximum Gasteiger partial charge on any atom is 0.000570 e. The number of rotatable bonds is 6. The summed E-state index contributed by atoms with van der Waals surface area (Å²) in [6.07, 6.45) is 2.36. The molecule has 0 saturated carbocycles. The van der Waals surface area contributed by atoms with Crippen LogP contribution >= 0.6 is 0 Å². The van der Waals surface area contributed by atoms with E-state index in [1.807, 2.05) is 0 Å². The average Bonchev–Trinajstić information content (AvgIpc) is 2.24. The molecular weight excluding hydrogens is 206 g/mol. The van der Waals surface area contributed by atoms with Crippen LogP contribution in [0.4, 0.5) is 0 Å². The lowest BCUT2D eigenvalue weighted by Crippen LogP contribution is -2.32. The fourth-order valence-corrected chi connectivity index (χ4v) is 2.27. The van der Waals surface area contributed by atoms with E-state index < -0.39 is 0 Å². The molecule has 0 bridgehead atoms. The zero-order chi connectivity index (χ0) is 12.9. The minimum atomic E-state index is 0.325. The van der Waals surface area contributed by atoms with Crippen LogP contribution in [0, 0.1) is 19.3 Å². The first-order valence-electron chi connectivity index (χ1n) is 6.72. The van der Waals surface area contributed by atoms with E-state index in [0.29, 0.717) is 5.41 Å². The molecular formula is C16H27N. The molecule has 0 atom stereocenters. The Morgan fingerprint density at radius 1 is 1.12 bits per heavy atom. The first-order chi connectivity index (χ1) is 7.96. The number of nitrogens with one attached hydrogen (secondary N) is 1. The summed E-state index contributed by atoms with van der Waals surface area (Å²) < 4.78 is 0. The fourth-order valence-electron chi connectivity index (χ4n) is 2.27. The second kappa shape index (κ2) is 6.20. The quantitative estimate of drug-likeness (QED) is 0.735. The summed E-state index contributed by atoms with van der Waals surface area (Å²) in [6, 6.07) is 6.59. The number of hydrogen-bond acceptors (Lipinski definition) is 1. The van der Waals surface area contributed by atoms with E-state index in [2.05, 4.69) is 58.1 Å². The summed E-state index contributed by atoms with van der Waals surface area (Å²) >= 11 is 0. The van der Waals surface area contributed by atoms with E-state index in [4.69, 9.17) is 0 Å². The lowest BCUT2D eigenvalue weighted by atomic mass is 9.82. The van der Waals surface area contributed by atoms with Crippen molar-refractivity contribution in [3.63, 3.8) is 0 Å². The molecule has 0 amide bonds. The van der Waals surface area contributed by atoms with Gasteiger partial charge in [0.15, 0.2) is 0 Å². The number of hydrogen-bond donors (Lipinski definition) is 1. The smallest absolute Gasteiger partial charge is 0.000570 e. The summed E-state index contributed by atoms with van der Waals surface area (Å²) in [5.41, 5.74) is 4.70. The average molecular weight is 233 g/mol. The van der Waals surface area contributed by atoms with E-state index in [1.165, 1.54) is 23.1 Å². The highest BCUT2D eigenvalue weighted by Gasteiger charge is 2.19. The highest BCUT2D eigenvalue weighted by atomic mass is 14.9. The number of aryl methyl sites for hydroxylation is 2. The van der Waals surface area contributed by atoms with Crippen LogP contribution in [0.3, 0.4) is 0 Å². The third-order valence-corrected chi connectivity index (χ3v) is 3.33. The van der Waals surface area contributed by atoms with Crippen LogP contribution in [-0.2, 0) is 6.42 Å². The summed E-state index contributed by atoms with van der Waals surface area (Å²) in [5, 5.41) is 3.53. The third kappa shape index (κ3) is 4.51. The zero-order valence-electron chi connectivity index (χ0n) is 12.1. The third-order valence-electron chi connectivity index (χ3n) is 3.33. The fraction of sp³-hybridized carbons (Fsp3) is 0.625. The first kappa shape index (κ1) is 14.2. The molecule has 0 aliphatic carbocycles. The van der Waals surface area contributed by atoms with Crippen LogP contribution in [0.5, 0.6) is 0 Å².